The molecule has 3 aliphatic rings. The highest BCUT2D eigenvalue weighted by atomic mass is 16.2. The molecule has 0 bridgehead atoms. The molecule has 0 amide bonds. The smallest absolute Gasteiger partial charge is 0.182 e. The lowest BCUT2D eigenvalue weighted by Crippen LogP contribution is -2.55. The minimum Gasteiger partial charge on any atom is -0.294 e. The number of benzene rings is 2. The first-order valence-corrected chi connectivity index (χ1v) is 22.5. The van der Waals surface area contributed by atoms with E-state index in [0.29, 0.717) is 5.57 Å². The number of allylic oxidation sites excluding steroid dienone is 7. The molecule has 0 saturated heterocycles. The van der Waals surface area contributed by atoms with Crippen LogP contribution < -0.4 is 0 Å². The Labute approximate surface area is 338 Å². The van der Waals surface area contributed by atoms with Crippen molar-refractivity contribution in [3.8, 4) is 0 Å². The largest absolute Gasteiger partial charge is 0.294 e. The summed E-state index contributed by atoms with van der Waals surface area (Å²) >= 11 is 0. The summed E-state index contributed by atoms with van der Waals surface area (Å²) in [7, 11) is 0. The molecule has 300 valence electrons. The summed E-state index contributed by atoms with van der Waals surface area (Å²) in [5.41, 5.74) is 6.01. The van der Waals surface area contributed by atoms with E-state index in [2.05, 4.69) is 70.2 Å². The van der Waals surface area contributed by atoms with E-state index < -0.39 is 23.2 Å². The molecule has 4 heteroatoms. The molecule has 0 spiro atoms. The van der Waals surface area contributed by atoms with Gasteiger partial charge in [0.05, 0.1) is 17.3 Å². The van der Waals surface area contributed by atoms with E-state index in [1.807, 2.05) is 12.2 Å². The number of fused-ring (bicyclic) bond motifs is 3. The Balaban J connectivity index is 1.70. The van der Waals surface area contributed by atoms with E-state index in [-0.39, 0.29) is 23.1 Å². The van der Waals surface area contributed by atoms with Gasteiger partial charge in [-0.15, -0.1) is 0 Å². The highest BCUT2D eigenvalue weighted by Gasteiger charge is 2.61. The normalized spacial score (nSPS) is 21.9. The second-order valence-corrected chi connectivity index (χ2v) is 16.8. The fraction of sp³-hybridized carbons (Fsp3) is 0.538. The number of ketones is 4. The average Bonchev–Trinajstić information content (AvgIpc) is 3.21. The summed E-state index contributed by atoms with van der Waals surface area (Å²) in [6, 6.07) is 13.6. The first-order valence-electron chi connectivity index (χ1n) is 22.5. The maximum Gasteiger partial charge on any atom is 0.182 e. The first kappa shape index (κ1) is 43.2. The minimum atomic E-state index is -1.36. The first-order chi connectivity index (χ1) is 27.3. The van der Waals surface area contributed by atoms with Crippen molar-refractivity contribution in [1.82, 2.24) is 0 Å². The number of hydrogen-bond acceptors (Lipinski definition) is 4. The molecule has 2 aromatic carbocycles. The van der Waals surface area contributed by atoms with E-state index in [4.69, 9.17) is 0 Å². The van der Waals surface area contributed by atoms with Crippen LogP contribution in [-0.4, -0.2) is 23.1 Å². The molecule has 0 N–H and O–H groups in total. The number of carbonyl (C=O) groups is 4. The number of aryl methyl sites for hydroxylation is 4. The van der Waals surface area contributed by atoms with Crippen molar-refractivity contribution < 1.29 is 19.2 Å². The van der Waals surface area contributed by atoms with Gasteiger partial charge in [-0.25, -0.2) is 0 Å². The molecule has 0 fully saturated rings. The molecular formula is C52H68O4. The zero-order valence-corrected chi connectivity index (χ0v) is 35.0. The van der Waals surface area contributed by atoms with Crippen molar-refractivity contribution in [2.24, 2.45) is 17.3 Å². The third kappa shape index (κ3) is 10.3. The lowest BCUT2D eigenvalue weighted by Gasteiger charge is -2.49. The third-order valence-electron chi connectivity index (χ3n) is 12.7. The fourth-order valence-electron chi connectivity index (χ4n) is 9.45. The van der Waals surface area contributed by atoms with Crippen LogP contribution in [0.4, 0.5) is 0 Å². The molecule has 0 aromatic heterocycles. The standard InChI is InChI=1S/C52H68O4/c1-5-9-13-17-21-38-25-27-40(23-19-15-11-7-3)42(35-38)33-34-52-45(37-44-46(53)29-30-47(54)50(44)51(52)48(55)31-32-49(52)56)43-36-39(22-18-14-10-6-2)26-28-41(43)24-20-16-12-8-4/h25-37,45,50-51H,5-24H2,1-4H3/b34-33+/t45-,50+,51-,52-/m1/s1. The van der Waals surface area contributed by atoms with Gasteiger partial charge in [-0.1, -0.05) is 159 Å². The van der Waals surface area contributed by atoms with Gasteiger partial charge in [-0.3, -0.25) is 19.2 Å². The van der Waals surface area contributed by atoms with E-state index in [1.54, 1.807) is 0 Å². The summed E-state index contributed by atoms with van der Waals surface area (Å²) in [6.45, 7) is 8.90. The molecule has 4 nitrogen and oxygen atoms in total. The molecule has 0 unspecified atom stereocenters. The van der Waals surface area contributed by atoms with Crippen molar-refractivity contribution >= 4 is 29.2 Å². The van der Waals surface area contributed by atoms with Gasteiger partial charge in [-0.2, -0.15) is 0 Å². The van der Waals surface area contributed by atoms with Crippen LogP contribution in [0.3, 0.4) is 0 Å². The van der Waals surface area contributed by atoms with E-state index in [9.17, 15) is 19.2 Å². The summed E-state index contributed by atoms with van der Waals surface area (Å²) in [6.07, 6.45) is 33.7. The Morgan fingerprint density at radius 2 is 1.09 bits per heavy atom. The van der Waals surface area contributed by atoms with Crippen LogP contribution in [0.1, 0.15) is 170 Å². The maximum absolute atomic E-state index is 15.0. The number of hydrogen-bond donors (Lipinski definition) is 0. The van der Waals surface area contributed by atoms with Crippen LogP contribution in [0.25, 0.3) is 6.08 Å². The molecule has 4 atom stereocenters. The molecule has 0 saturated carbocycles. The zero-order valence-electron chi connectivity index (χ0n) is 35.0. The number of unbranched alkanes of at least 4 members (excludes halogenated alkanes) is 12. The Morgan fingerprint density at radius 3 is 1.70 bits per heavy atom. The minimum absolute atomic E-state index is 0.168. The van der Waals surface area contributed by atoms with Crippen LogP contribution in [0.5, 0.6) is 0 Å². The van der Waals surface area contributed by atoms with Crippen molar-refractivity contribution in [2.75, 3.05) is 0 Å². The fourth-order valence-corrected chi connectivity index (χ4v) is 9.45. The lowest BCUT2D eigenvalue weighted by molar-refractivity contribution is -0.140. The highest BCUT2D eigenvalue weighted by molar-refractivity contribution is 6.21. The Kier molecular flexibility index (Phi) is 16.6. The van der Waals surface area contributed by atoms with Gasteiger partial charge < -0.3 is 0 Å². The Hall–Kier alpha value is -3.92. The SMILES string of the molecule is CCCCCCc1ccc(CCCCCC)c(/C=C/[C@@]23C(=O)C=CC(=O)[C@@H]2[C@@H]2C(=O)C=CC(=O)C2=C[C@@H]3c2cc(CCCCCC)ccc2CCCCCC)c1. The maximum atomic E-state index is 15.0. The van der Waals surface area contributed by atoms with Crippen molar-refractivity contribution in [3.05, 3.63) is 112 Å². The molecular weight excluding hydrogens is 689 g/mol. The molecule has 0 heterocycles. The molecule has 0 radical (unpaired) electrons. The van der Waals surface area contributed by atoms with Gasteiger partial charge in [0.2, 0.25) is 0 Å². The van der Waals surface area contributed by atoms with Gasteiger partial charge >= 0.3 is 0 Å². The zero-order chi connectivity index (χ0) is 39.9. The lowest BCUT2D eigenvalue weighted by atomic mass is 9.49. The van der Waals surface area contributed by atoms with Crippen LogP contribution in [-0.2, 0) is 44.9 Å². The Bertz CT molecular complexity index is 1800. The van der Waals surface area contributed by atoms with Crippen molar-refractivity contribution in [3.63, 3.8) is 0 Å². The third-order valence-corrected chi connectivity index (χ3v) is 12.7. The number of carbonyl (C=O) groups excluding carboxylic acids is 4. The summed E-state index contributed by atoms with van der Waals surface area (Å²) in [5, 5.41) is 0. The molecule has 0 aliphatic heterocycles. The van der Waals surface area contributed by atoms with E-state index >= 15 is 0 Å². The summed E-state index contributed by atoms with van der Waals surface area (Å²) in [5.74, 6) is -3.51. The quantitative estimate of drug-likeness (QED) is 0.106. The summed E-state index contributed by atoms with van der Waals surface area (Å²) < 4.78 is 0. The van der Waals surface area contributed by atoms with E-state index in [1.165, 1.54) is 92.4 Å². The van der Waals surface area contributed by atoms with E-state index in [0.717, 1.165) is 93.7 Å². The molecule has 5 rings (SSSR count). The van der Waals surface area contributed by atoms with Crippen LogP contribution in [0.2, 0.25) is 0 Å². The van der Waals surface area contributed by atoms with Crippen molar-refractivity contribution in [2.45, 2.75) is 162 Å². The second-order valence-electron chi connectivity index (χ2n) is 16.8. The molecule has 2 aromatic rings. The van der Waals surface area contributed by atoms with Crippen LogP contribution in [0, 0.1) is 17.3 Å². The monoisotopic (exact) mass is 757 g/mol. The van der Waals surface area contributed by atoms with Crippen LogP contribution in [0.15, 0.2) is 78.4 Å². The predicted octanol–water partition coefficient (Wildman–Crippen LogP) is 12.5. The van der Waals surface area contributed by atoms with Gasteiger partial charge in [0.1, 0.15) is 0 Å². The molecule has 56 heavy (non-hydrogen) atoms. The molecule has 3 aliphatic carbocycles. The van der Waals surface area contributed by atoms with Gasteiger partial charge in [0, 0.05) is 11.5 Å². The van der Waals surface area contributed by atoms with Crippen molar-refractivity contribution in [1.29, 1.82) is 0 Å². The second kappa shape index (κ2) is 21.6. The summed E-state index contributed by atoms with van der Waals surface area (Å²) in [4.78, 5) is 56.9. The van der Waals surface area contributed by atoms with Gasteiger partial charge in [-0.05, 0) is 109 Å². The van der Waals surface area contributed by atoms with Gasteiger partial charge in [0.15, 0.2) is 23.1 Å². The van der Waals surface area contributed by atoms with Crippen LogP contribution >= 0.6 is 0 Å². The topological polar surface area (TPSA) is 68.3 Å². The number of rotatable bonds is 23. The predicted molar refractivity (Wildman–Crippen MR) is 232 cm³/mol. The Morgan fingerprint density at radius 1 is 0.554 bits per heavy atom. The van der Waals surface area contributed by atoms with Gasteiger partial charge in [0.25, 0.3) is 0 Å². The average molecular weight is 757 g/mol. The highest BCUT2D eigenvalue weighted by Crippen LogP contribution is 2.57.